The first kappa shape index (κ1) is 14.2. The molecule has 1 aliphatic heterocycles. The summed E-state index contributed by atoms with van der Waals surface area (Å²) in [4.78, 5) is 11.9. The van der Waals surface area contributed by atoms with E-state index in [1.807, 2.05) is 11.8 Å². The van der Waals surface area contributed by atoms with Crippen molar-refractivity contribution < 1.29 is 4.79 Å². The normalized spacial score (nSPS) is 33.1. The molecule has 1 saturated carbocycles. The quantitative estimate of drug-likeness (QED) is 0.821. The fourth-order valence-electron chi connectivity index (χ4n) is 3.08. The van der Waals surface area contributed by atoms with Crippen molar-refractivity contribution in [3.05, 3.63) is 0 Å². The molecular formula is C14H26N2OS. The molecule has 18 heavy (non-hydrogen) atoms. The lowest BCUT2D eigenvalue weighted by Gasteiger charge is -2.27. The molecule has 1 aliphatic carbocycles. The van der Waals surface area contributed by atoms with Gasteiger partial charge in [-0.2, -0.15) is 11.8 Å². The van der Waals surface area contributed by atoms with E-state index in [1.165, 1.54) is 25.7 Å². The maximum Gasteiger partial charge on any atom is 0.237 e. The van der Waals surface area contributed by atoms with Crippen molar-refractivity contribution in [3.8, 4) is 0 Å². The minimum Gasteiger partial charge on any atom is -0.355 e. The second kappa shape index (κ2) is 7.39. The van der Waals surface area contributed by atoms with Crippen molar-refractivity contribution in [2.75, 3.05) is 24.6 Å². The highest BCUT2D eigenvalue weighted by Crippen LogP contribution is 2.30. The number of nitrogens with one attached hydrogen (secondary N) is 2. The minimum atomic E-state index is 0.0361. The Morgan fingerprint density at radius 2 is 2.33 bits per heavy atom. The Labute approximate surface area is 115 Å². The van der Waals surface area contributed by atoms with Crippen LogP contribution in [0.5, 0.6) is 0 Å². The van der Waals surface area contributed by atoms with Crippen LogP contribution in [0.3, 0.4) is 0 Å². The molecule has 2 aliphatic rings. The molecule has 1 saturated heterocycles. The molecule has 0 radical (unpaired) electrons. The maximum absolute atomic E-state index is 11.9. The summed E-state index contributed by atoms with van der Waals surface area (Å²) in [5.41, 5.74) is 0. The summed E-state index contributed by atoms with van der Waals surface area (Å²) in [5, 5.41) is 6.38. The highest BCUT2D eigenvalue weighted by molar-refractivity contribution is 7.99. The summed E-state index contributed by atoms with van der Waals surface area (Å²) >= 11 is 1.87. The van der Waals surface area contributed by atoms with Gasteiger partial charge in [-0.15, -0.1) is 0 Å². The van der Waals surface area contributed by atoms with E-state index in [4.69, 9.17) is 0 Å². The Balaban J connectivity index is 1.60. The van der Waals surface area contributed by atoms with E-state index >= 15 is 0 Å². The third-order valence-electron chi connectivity index (χ3n) is 4.13. The molecule has 0 aromatic carbocycles. The lowest BCUT2D eigenvalue weighted by molar-refractivity contribution is -0.122. The second-order valence-electron chi connectivity index (χ2n) is 5.80. The zero-order valence-electron chi connectivity index (χ0n) is 11.4. The maximum atomic E-state index is 11.9. The van der Waals surface area contributed by atoms with Crippen molar-refractivity contribution in [2.24, 2.45) is 11.8 Å². The van der Waals surface area contributed by atoms with Crippen molar-refractivity contribution in [1.29, 1.82) is 0 Å². The van der Waals surface area contributed by atoms with E-state index in [9.17, 15) is 4.79 Å². The van der Waals surface area contributed by atoms with Gasteiger partial charge in [0.2, 0.25) is 5.91 Å². The molecule has 1 amide bonds. The summed E-state index contributed by atoms with van der Waals surface area (Å²) < 4.78 is 0. The number of hydrogen-bond donors (Lipinski definition) is 2. The van der Waals surface area contributed by atoms with Crippen LogP contribution in [-0.2, 0) is 4.79 Å². The van der Waals surface area contributed by atoms with Gasteiger partial charge in [-0.25, -0.2) is 0 Å². The Kier molecular flexibility index (Phi) is 5.83. The molecule has 0 bridgehead atoms. The Morgan fingerprint density at radius 1 is 1.44 bits per heavy atom. The standard InChI is InChI=1S/C14H26N2OS/c1-11-3-2-4-12(9-11)5-6-16-14(17)13-10-18-8-7-15-13/h11-13,15H,2-10H2,1H3,(H,16,17). The zero-order chi connectivity index (χ0) is 12.8. The van der Waals surface area contributed by atoms with Gasteiger partial charge in [0.15, 0.2) is 0 Å². The summed E-state index contributed by atoms with van der Waals surface area (Å²) in [6.45, 7) is 4.18. The fraction of sp³-hybridized carbons (Fsp3) is 0.929. The molecule has 2 fully saturated rings. The van der Waals surface area contributed by atoms with Crippen LogP contribution in [0.25, 0.3) is 0 Å². The van der Waals surface area contributed by atoms with Gasteiger partial charge in [0.05, 0.1) is 6.04 Å². The van der Waals surface area contributed by atoms with E-state index in [0.717, 1.165) is 42.9 Å². The molecule has 3 unspecified atom stereocenters. The largest absolute Gasteiger partial charge is 0.355 e. The van der Waals surface area contributed by atoms with Gasteiger partial charge in [-0.05, 0) is 24.7 Å². The van der Waals surface area contributed by atoms with E-state index < -0.39 is 0 Å². The number of carbonyl (C=O) groups excluding carboxylic acids is 1. The van der Waals surface area contributed by atoms with E-state index in [-0.39, 0.29) is 11.9 Å². The van der Waals surface area contributed by atoms with Gasteiger partial charge in [0.1, 0.15) is 0 Å². The molecule has 3 nitrogen and oxygen atoms in total. The summed E-state index contributed by atoms with van der Waals surface area (Å²) in [6, 6.07) is 0.0361. The summed E-state index contributed by atoms with van der Waals surface area (Å²) in [6.07, 6.45) is 6.65. The van der Waals surface area contributed by atoms with Crippen LogP contribution in [0.2, 0.25) is 0 Å². The first-order valence-electron chi connectivity index (χ1n) is 7.34. The smallest absolute Gasteiger partial charge is 0.237 e. The van der Waals surface area contributed by atoms with Gasteiger partial charge in [-0.1, -0.05) is 26.2 Å². The highest BCUT2D eigenvalue weighted by Gasteiger charge is 2.22. The number of rotatable bonds is 4. The van der Waals surface area contributed by atoms with E-state index in [2.05, 4.69) is 17.6 Å². The zero-order valence-corrected chi connectivity index (χ0v) is 12.2. The van der Waals surface area contributed by atoms with Crippen LogP contribution >= 0.6 is 11.8 Å². The van der Waals surface area contributed by atoms with Crippen molar-refractivity contribution in [2.45, 2.75) is 45.1 Å². The van der Waals surface area contributed by atoms with Gasteiger partial charge in [0.25, 0.3) is 0 Å². The van der Waals surface area contributed by atoms with Crippen LogP contribution in [-0.4, -0.2) is 36.5 Å². The highest BCUT2D eigenvalue weighted by atomic mass is 32.2. The topological polar surface area (TPSA) is 41.1 Å². The van der Waals surface area contributed by atoms with Gasteiger partial charge < -0.3 is 10.6 Å². The van der Waals surface area contributed by atoms with Crippen LogP contribution in [0.15, 0.2) is 0 Å². The minimum absolute atomic E-state index is 0.0361. The summed E-state index contributed by atoms with van der Waals surface area (Å²) in [7, 11) is 0. The van der Waals surface area contributed by atoms with Crippen molar-refractivity contribution in [1.82, 2.24) is 10.6 Å². The third kappa shape index (κ3) is 4.47. The first-order valence-corrected chi connectivity index (χ1v) is 8.50. The number of amides is 1. The van der Waals surface area contributed by atoms with Crippen LogP contribution in [0.4, 0.5) is 0 Å². The molecule has 104 valence electrons. The van der Waals surface area contributed by atoms with Gasteiger partial charge in [-0.3, -0.25) is 4.79 Å². The lowest BCUT2D eigenvalue weighted by atomic mass is 9.81. The van der Waals surface area contributed by atoms with E-state index in [0.29, 0.717) is 0 Å². The molecule has 3 atom stereocenters. The van der Waals surface area contributed by atoms with Crippen LogP contribution in [0.1, 0.15) is 39.0 Å². The molecule has 0 aromatic heterocycles. The number of carbonyl (C=O) groups is 1. The second-order valence-corrected chi connectivity index (χ2v) is 6.95. The van der Waals surface area contributed by atoms with Crippen LogP contribution in [0, 0.1) is 11.8 Å². The molecule has 0 aromatic rings. The molecular weight excluding hydrogens is 244 g/mol. The Hall–Kier alpha value is -0.220. The first-order chi connectivity index (χ1) is 8.75. The number of hydrogen-bond acceptors (Lipinski definition) is 3. The molecule has 0 spiro atoms. The summed E-state index contributed by atoms with van der Waals surface area (Å²) in [5.74, 6) is 3.97. The third-order valence-corrected chi connectivity index (χ3v) is 5.20. The predicted octanol–water partition coefficient (Wildman–Crippen LogP) is 2.02. The number of thioether (sulfide) groups is 1. The lowest BCUT2D eigenvalue weighted by Crippen LogP contribution is -2.49. The SMILES string of the molecule is CC1CCCC(CCNC(=O)C2CSCCN2)C1. The molecule has 2 N–H and O–H groups in total. The van der Waals surface area contributed by atoms with Gasteiger partial charge >= 0.3 is 0 Å². The molecule has 2 rings (SSSR count). The van der Waals surface area contributed by atoms with E-state index in [1.54, 1.807) is 0 Å². The Bertz CT molecular complexity index is 267. The van der Waals surface area contributed by atoms with Gasteiger partial charge in [0, 0.05) is 24.6 Å². The molecule has 1 heterocycles. The van der Waals surface area contributed by atoms with Crippen LogP contribution < -0.4 is 10.6 Å². The van der Waals surface area contributed by atoms with Crippen molar-refractivity contribution >= 4 is 17.7 Å². The Morgan fingerprint density at radius 3 is 3.06 bits per heavy atom. The monoisotopic (exact) mass is 270 g/mol. The average Bonchev–Trinajstić information content (AvgIpc) is 2.40. The predicted molar refractivity (Wildman–Crippen MR) is 77.9 cm³/mol. The molecule has 4 heteroatoms. The average molecular weight is 270 g/mol. The fourth-order valence-corrected chi connectivity index (χ4v) is 4.01. The van der Waals surface area contributed by atoms with Crippen molar-refractivity contribution in [3.63, 3.8) is 0 Å².